The molecule has 0 bridgehead atoms. The van der Waals surface area contributed by atoms with Crippen molar-refractivity contribution >= 4 is 9.84 Å². The minimum atomic E-state index is -2.81. The maximum absolute atomic E-state index is 10.7. The van der Waals surface area contributed by atoms with Crippen molar-refractivity contribution in [1.29, 1.82) is 0 Å². The number of hydrogen-bond acceptors (Lipinski definition) is 4. The van der Waals surface area contributed by atoms with Crippen molar-refractivity contribution in [2.24, 2.45) is 0 Å². The third-order valence-electron chi connectivity index (χ3n) is 1.86. The summed E-state index contributed by atoms with van der Waals surface area (Å²) < 4.78 is 21.5. The number of sulfone groups is 1. The summed E-state index contributed by atoms with van der Waals surface area (Å²) in [5, 5.41) is 3.09. The molecule has 0 spiro atoms. The zero-order chi connectivity index (χ0) is 10.3. The smallest absolute Gasteiger partial charge is 0.148 e. The van der Waals surface area contributed by atoms with Crippen LogP contribution >= 0.6 is 0 Å². The van der Waals surface area contributed by atoms with Gasteiger partial charge in [-0.05, 0) is 13.6 Å². The van der Waals surface area contributed by atoms with Crippen LogP contribution in [-0.4, -0.2) is 58.6 Å². The Morgan fingerprint density at radius 2 is 1.92 bits per heavy atom. The molecule has 5 heteroatoms. The lowest BCUT2D eigenvalue weighted by Gasteiger charge is -2.13. The van der Waals surface area contributed by atoms with E-state index >= 15 is 0 Å². The van der Waals surface area contributed by atoms with Gasteiger partial charge in [0.2, 0.25) is 0 Å². The molecule has 0 unspecified atom stereocenters. The number of hydrogen-bond donors (Lipinski definition) is 1. The summed E-state index contributed by atoms with van der Waals surface area (Å²) in [5.41, 5.74) is 0. The van der Waals surface area contributed by atoms with Crippen LogP contribution in [0.5, 0.6) is 0 Å². The molecule has 0 aliphatic rings. The highest BCUT2D eigenvalue weighted by molar-refractivity contribution is 7.90. The number of rotatable bonds is 7. The number of nitrogens with zero attached hydrogens (tertiary/aromatic N) is 1. The second kappa shape index (κ2) is 6.34. The van der Waals surface area contributed by atoms with Crippen LogP contribution in [0.1, 0.15) is 6.92 Å². The van der Waals surface area contributed by atoms with Crippen molar-refractivity contribution in [2.75, 3.05) is 45.2 Å². The fourth-order valence-electron chi connectivity index (χ4n) is 0.811. The fourth-order valence-corrected chi connectivity index (χ4v) is 1.33. The van der Waals surface area contributed by atoms with Gasteiger partial charge in [-0.15, -0.1) is 0 Å². The third-order valence-corrected chi connectivity index (χ3v) is 2.81. The summed E-state index contributed by atoms with van der Waals surface area (Å²) >= 11 is 0. The van der Waals surface area contributed by atoms with Gasteiger partial charge in [-0.25, -0.2) is 8.42 Å². The first-order valence-corrected chi connectivity index (χ1v) is 6.58. The quantitative estimate of drug-likeness (QED) is 0.577. The summed E-state index contributed by atoms with van der Waals surface area (Å²) in [4.78, 5) is 2.17. The SMILES string of the molecule is CCN(C)CCNCCS(C)(=O)=O. The van der Waals surface area contributed by atoms with Crippen molar-refractivity contribution in [3.05, 3.63) is 0 Å². The molecule has 0 amide bonds. The van der Waals surface area contributed by atoms with Crippen LogP contribution in [0.2, 0.25) is 0 Å². The zero-order valence-electron chi connectivity index (χ0n) is 8.71. The Labute approximate surface area is 81.2 Å². The Hall–Kier alpha value is -0.130. The average molecular weight is 208 g/mol. The fraction of sp³-hybridized carbons (Fsp3) is 1.00. The van der Waals surface area contributed by atoms with Crippen LogP contribution in [0.4, 0.5) is 0 Å². The van der Waals surface area contributed by atoms with Gasteiger partial charge in [-0.2, -0.15) is 0 Å². The van der Waals surface area contributed by atoms with Crippen LogP contribution in [0.15, 0.2) is 0 Å². The van der Waals surface area contributed by atoms with E-state index < -0.39 is 9.84 Å². The molecule has 0 saturated carbocycles. The van der Waals surface area contributed by atoms with Gasteiger partial charge in [0.15, 0.2) is 0 Å². The predicted molar refractivity (Wildman–Crippen MR) is 55.8 cm³/mol. The van der Waals surface area contributed by atoms with Gasteiger partial charge in [0.25, 0.3) is 0 Å². The molecule has 0 aromatic carbocycles. The van der Waals surface area contributed by atoms with E-state index in [-0.39, 0.29) is 5.75 Å². The van der Waals surface area contributed by atoms with Crippen molar-refractivity contribution < 1.29 is 8.42 Å². The normalized spacial score (nSPS) is 12.3. The van der Waals surface area contributed by atoms with Gasteiger partial charge in [-0.3, -0.25) is 0 Å². The molecule has 0 saturated heterocycles. The summed E-state index contributed by atoms with van der Waals surface area (Å²) in [6.07, 6.45) is 1.26. The molecular weight excluding hydrogens is 188 g/mol. The lowest BCUT2D eigenvalue weighted by molar-refractivity contribution is 0.351. The van der Waals surface area contributed by atoms with Crippen molar-refractivity contribution in [3.8, 4) is 0 Å². The summed E-state index contributed by atoms with van der Waals surface area (Å²) in [6.45, 7) is 5.47. The lowest BCUT2D eigenvalue weighted by Crippen LogP contribution is -2.31. The van der Waals surface area contributed by atoms with Gasteiger partial charge in [0.1, 0.15) is 9.84 Å². The Morgan fingerprint density at radius 1 is 1.31 bits per heavy atom. The van der Waals surface area contributed by atoms with Crippen LogP contribution < -0.4 is 5.32 Å². The second-order valence-electron chi connectivity index (χ2n) is 3.28. The maximum atomic E-state index is 10.7. The standard InChI is InChI=1S/C8H20N2O2S/c1-4-10(2)7-5-9-6-8-13(3,11)12/h9H,4-8H2,1-3H3. The molecule has 0 radical (unpaired) electrons. The van der Waals surface area contributed by atoms with Crippen molar-refractivity contribution in [3.63, 3.8) is 0 Å². The first-order valence-electron chi connectivity index (χ1n) is 4.52. The third kappa shape index (κ3) is 9.79. The second-order valence-corrected chi connectivity index (χ2v) is 5.54. The zero-order valence-corrected chi connectivity index (χ0v) is 9.52. The molecule has 0 aromatic rings. The predicted octanol–water partition coefficient (Wildman–Crippen LogP) is -0.428. The van der Waals surface area contributed by atoms with E-state index in [9.17, 15) is 8.42 Å². The molecule has 0 aromatic heterocycles. The Bertz CT molecular complexity index is 214. The van der Waals surface area contributed by atoms with Crippen LogP contribution in [0, 0.1) is 0 Å². The molecule has 0 atom stereocenters. The Balaban J connectivity index is 3.27. The van der Waals surface area contributed by atoms with Gasteiger partial charge in [0.05, 0.1) is 5.75 Å². The van der Waals surface area contributed by atoms with E-state index in [1.54, 1.807) is 0 Å². The van der Waals surface area contributed by atoms with E-state index in [4.69, 9.17) is 0 Å². The van der Waals surface area contributed by atoms with Gasteiger partial charge >= 0.3 is 0 Å². The van der Waals surface area contributed by atoms with Gasteiger partial charge < -0.3 is 10.2 Å². The summed E-state index contributed by atoms with van der Waals surface area (Å²) in [5.74, 6) is 0.225. The molecule has 0 aliphatic carbocycles. The highest BCUT2D eigenvalue weighted by Crippen LogP contribution is 1.80. The highest BCUT2D eigenvalue weighted by Gasteiger charge is 2.00. The topological polar surface area (TPSA) is 49.4 Å². The molecule has 13 heavy (non-hydrogen) atoms. The first kappa shape index (κ1) is 12.9. The molecular formula is C8H20N2O2S. The molecule has 1 N–H and O–H groups in total. The van der Waals surface area contributed by atoms with Crippen molar-refractivity contribution in [2.45, 2.75) is 6.92 Å². The van der Waals surface area contributed by atoms with Crippen molar-refractivity contribution in [1.82, 2.24) is 10.2 Å². The van der Waals surface area contributed by atoms with Crippen LogP contribution in [-0.2, 0) is 9.84 Å². The first-order chi connectivity index (χ1) is 5.95. The number of nitrogens with one attached hydrogen (secondary N) is 1. The van der Waals surface area contributed by atoms with Gasteiger partial charge in [-0.1, -0.05) is 6.92 Å². The lowest BCUT2D eigenvalue weighted by atomic mass is 10.5. The van der Waals surface area contributed by atoms with E-state index in [0.717, 1.165) is 19.6 Å². The van der Waals surface area contributed by atoms with E-state index in [2.05, 4.69) is 17.1 Å². The van der Waals surface area contributed by atoms with E-state index in [1.807, 2.05) is 7.05 Å². The maximum Gasteiger partial charge on any atom is 0.148 e. The average Bonchev–Trinajstić information content (AvgIpc) is 2.01. The number of likely N-dealkylation sites (N-methyl/N-ethyl adjacent to an activating group) is 1. The molecule has 0 fully saturated rings. The molecule has 80 valence electrons. The highest BCUT2D eigenvalue weighted by atomic mass is 32.2. The molecule has 0 rings (SSSR count). The Kier molecular flexibility index (Phi) is 6.28. The summed E-state index contributed by atoms with van der Waals surface area (Å²) in [7, 11) is -0.767. The van der Waals surface area contributed by atoms with E-state index in [1.165, 1.54) is 6.26 Å². The monoisotopic (exact) mass is 208 g/mol. The minimum Gasteiger partial charge on any atom is -0.314 e. The Morgan fingerprint density at radius 3 is 2.38 bits per heavy atom. The summed E-state index contributed by atoms with van der Waals surface area (Å²) in [6, 6.07) is 0. The molecule has 4 nitrogen and oxygen atoms in total. The minimum absolute atomic E-state index is 0.225. The van der Waals surface area contributed by atoms with E-state index in [0.29, 0.717) is 6.54 Å². The van der Waals surface area contributed by atoms with Crippen LogP contribution in [0.25, 0.3) is 0 Å². The molecule has 0 aliphatic heterocycles. The molecule has 0 heterocycles. The van der Waals surface area contributed by atoms with Crippen LogP contribution in [0.3, 0.4) is 0 Å². The van der Waals surface area contributed by atoms with Gasteiger partial charge in [0, 0.05) is 25.9 Å². The largest absolute Gasteiger partial charge is 0.314 e.